The number of aromatic nitrogens is 2. The molecule has 1 aliphatic heterocycles. The summed E-state index contributed by atoms with van der Waals surface area (Å²) in [4.78, 5) is 0. The van der Waals surface area contributed by atoms with Crippen LogP contribution in [0.4, 0.5) is 22.0 Å². The van der Waals surface area contributed by atoms with Crippen molar-refractivity contribution in [2.24, 2.45) is 0 Å². The molecule has 0 aliphatic carbocycles. The van der Waals surface area contributed by atoms with Gasteiger partial charge >= 0.3 is 12.1 Å². The van der Waals surface area contributed by atoms with Gasteiger partial charge in [0.2, 0.25) is 12.2 Å². The molecule has 0 amide bonds. The lowest BCUT2D eigenvalue weighted by atomic mass is 9.98. The number of hydrogen-bond donors (Lipinski definition) is 4. The molecule has 2 aromatic rings. The lowest BCUT2D eigenvalue weighted by molar-refractivity contribution is -0.328. The predicted octanol–water partition coefficient (Wildman–Crippen LogP) is 3.53. The molecule has 200 valence electrons. The fourth-order valence-electron chi connectivity index (χ4n) is 3.06. The van der Waals surface area contributed by atoms with Gasteiger partial charge in [-0.3, -0.25) is 5.10 Å². The predicted molar refractivity (Wildman–Crippen MR) is 115 cm³/mol. The van der Waals surface area contributed by atoms with E-state index in [4.69, 9.17) is 19.3 Å². The highest BCUT2D eigenvalue weighted by molar-refractivity contribution is 5.39. The van der Waals surface area contributed by atoms with Gasteiger partial charge in [-0.1, -0.05) is 39.8 Å². The summed E-state index contributed by atoms with van der Waals surface area (Å²) in [6, 6.07) is 6.07. The third kappa shape index (κ3) is 7.03. The number of H-pyrrole nitrogens is 1. The number of aromatic amines is 1. The van der Waals surface area contributed by atoms with Gasteiger partial charge in [0, 0.05) is 6.42 Å². The molecule has 13 heteroatoms. The molecule has 3 rings (SSSR count). The van der Waals surface area contributed by atoms with Crippen molar-refractivity contribution in [1.82, 2.24) is 10.2 Å². The first-order valence-corrected chi connectivity index (χ1v) is 10.9. The summed E-state index contributed by atoms with van der Waals surface area (Å²) in [5.41, 5.74) is -1.29. The minimum atomic E-state index is -4.84. The van der Waals surface area contributed by atoms with Crippen LogP contribution in [0.25, 0.3) is 0 Å². The van der Waals surface area contributed by atoms with Crippen LogP contribution in [0.1, 0.15) is 44.5 Å². The minimum absolute atomic E-state index is 0.324. The monoisotopic (exact) mass is 514 g/mol. The van der Waals surface area contributed by atoms with Crippen LogP contribution in [0.15, 0.2) is 24.3 Å². The standard InChI is InChI=1S/C18H19F5N2O6.2C2H6/c1-29-9-4-2-8(3-5-9)6-10-13(18(21,22)23)24-25-15(10)31-16-12(27)14(28)17(19,20)11(7-26)30-16;2*1-2/h2-5,11-12,14,16,26-28H,6-7H2,1H3,(H,24,25);2*1-2H3. The first-order valence-electron chi connectivity index (χ1n) is 10.9. The Morgan fingerprint density at radius 3 is 2.14 bits per heavy atom. The summed E-state index contributed by atoms with van der Waals surface area (Å²) in [7, 11) is 1.42. The van der Waals surface area contributed by atoms with E-state index in [2.05, 4.69) is 5.10 Å². The number of hydrogen-bond acceptors (Lipinski definition) is 7. The topological polar surface area (TPSA) is 117 Å². The molecule has 1 fully saturated rings. The highest BCUT2D eigenvalue weighted by Crippen LogP contribution is 2.39. The number of nitrogens with zero attached hydrogens (tertiary/aromatic N) is 1. The van der Waals surface area contributed by atoms with Gasteiger partial charge in [-0.15, -0.1) is 5.10 Å². The van der Waals surface area contributed by atoms with Crippen LogP contribution < -0.4 is 9.47 Å². The summed E-state index contributed by atoms with van der Waals surface area (Å²) >= 11 is 0. The Bertz CT molecular complexity index is 887. The van der Waals surface area contributed by atoms with E-state index in [-0.39, 0.29) is 6.42 Å². The maximum atomic E-state index is 13.9. The number of methoxy groups -OCH3 is 1. The van der Waals surface area contributed by atoms with Crippen molar-refractivity contribution >= 4 is 0 Å². The van der Waals surface area contributed by atoms with E-state index in [9.17, 15) is 32.2 Å². The minimum Gasteiger partial charge on any atom is -0.497 e. The summed E-state index contributed by atoms with van der Waals surface area (Å²) in [6.45, 7) is 6.77. The summed E-state index contributed by atoms with van der Waals surface area (Å²) < 4.78 is 82.9. The Morgan fingerprint density at radius 1 is 1.09 bits per heavy atom. The molecule has 4 atom stereocenters. The summed E-state index contributed by atoms with van der Waals surface area (Å²) in [5.74, 6) is -4.20. The molecular weight excluding hydrogens is 483 g/mol. The van der Waals surface area contributed by atoms with Crippen molar-refractivity contribution in [1.29, 1.82) is 0 Å². The number of aliphatic hydroxyl groups is 3. The average molecular weight is 514 g/mol. The van der Waals surface area contributed by atoms with Crippen LogP contribution in [0.2, 0.25) is 0 Å². The molecule has 0 radical (unpaired) electrons. The fraction of sp³-hybridized carbons (Fsp3) is 0.591. The largest absolute Gasteiger partial charge is 0.497 e. The fourth-order valence-corrected chi connectivity index (χ4v) is 3.06. The van der Waals surface area contributed by atoms with E-state index >= 15 is 0 Å². The van der Waals surface area contributed by atoms with Gasteiger partial charge in [0.05, 0.1) is 19.3 Å². The van der Waals surface area contributed by atoms with E-state index in [0.29, 0.717) is 11.3 Å². The van der Waals surface area contributed by atoms with Crippen molar-refractivity contribution in [3.05, 3.63) is 41.1 Å². The quantitative estimate of drug-likeness (QED) is 0.436. The van der Waals surface area contributed by atoms with E-state index in [1.807, 2.05) is 27.7 Å². The number of alkyl halides is 5. The molecule has 1 aromatic carbocycles. The molecule has 1 saturated heterocycles. The number of aliphatic hydroxyl groups excluding tert-OH is 3. The average Bonchev–Trinajstić information content (AvgIpc) is 3.25. The molecular formula is C22H31F5N2O6. The summed E-state index contributed by atoms with van der Waals surface area (Å²) in [6.07, 6.45) is -14.4. The second kappa shape index (κ2) is 13.0. The van der Waals surface area contributed by atoms with Crippen molar-refractivity contribution in [2.45, 2.75) is 70.8 Å². The normalized spacial score (nSPS) is 23.3. The Balaban J connectivity index is 0.00000145. The van der Waals surface area contributed by atoms with Crippen LogP contribution in [0.5, 0.6) is 11.6 Å². The zero-order valence-corrected chi connectivity index (χ0v) is 19.9. The second-order valence-corrected chi connectivity index (χ2v) is 6.81. The Labute approximate surface area is 199 Å². The zero-order valence-electron chi connectivity index (χ0n) is 19.9. The van der Waals surface area contributed by atoms with Crippen molar-refractivity contribution in [3.8, 4) is 11.6 Å². The number of ether oxygens (including phenoxy) is 3. The van der Waals surface area contributed by atoms with E-state index in [0.717, 1.165) is 0 Å². The Kier molecular flexibility index (Phi) is 11.3. The molecule has 1 aliphatic rings. The number of benzene rings is 1. The SMILES string of the molecule is CC.CC.COc1ccc(Cc2c(OC3OC(CO)C(F)(F)C(O)C3O)n[nH]c2C(F)(F)F)cc1. The van der Waals surface area contributed by atoms with Gasteiger partial charge in [0.25, 0.3) is 0 Å². The van der Waals surface area contributed by atoms with Crippen LogP contribution in [-0.4, -0.2) is 69.8 Å². The van der Waals surface area contributed by atoms with Crippen molar-refractivity contribution < 1.29 is 51.5 Å². The van der Waals surface area contributed by atoms with E-state index < -0.39 is 60.4 Å². The van der Waals surface area contributed by atoms with Gasteiger partial charge in [-0.25, -0.2) is 8.78 Å². The van der Waals surface area contributed by atoms with Crippen molar-refractivity contribution in [2.75, 3.05) is 13.7 Å². The maximum absolute atomic E-state index is 13.9. The van der Waals surface area contributed by atoms with E-state index in [1.54, 1.807) is 5.10 Å². The molecule has 4 unspecified atom stereocenters. The molecule has 0 spiro atoms. The molecule has 35 heavy (non-hydrogen) atoms. The lowest BCUT2D eigenvalue weighted by Gasteiger charge is -2.41. The van der Waals surface area contributed by atoms with Crippen LogP contribution in [-0.2, 0) is 17.3 Å². The second-order valence-electron chi connectivity index (χ2n) is 6.81. The molecule has 2 heterocycles. The van der Waals surface area contributed by atoms with Gasteiger partial charge in [0.1, 0.15) is 17.5 Å². The molecule has 4 N–H and O–H groups in total. The molecule has 0 bridgehead atoms. The molecule has 8 nitrogen and oxygen atoms in total. The zero-order chi connectivity index (χ0) is 27.0. The highest BCUT2D eigenvalue weighted by Gasteiger charge is 2.58. The molecule has 0 saturated carbocycles. The number of nitrogens with one attached hydrogen (secondary N) is 1. The lowest BCUT2D eigenvalue weighted by Crippen LogP contribution is -2.63. The van der Waals surface area contributed by atoms with E-state index in [1.165, 1.54) is 31.4 Å². The first-order chi connectivity index (χ1) is 16.5. The first kappa shape index (κ1) is 30.6. The van der Waals surface area contributed by atoms with Gasteiger partial charge in [-0.2, -0.15) is 13.2 Å². The third-order valence-electron chi connectivity index (χ3n) is 4.77. The van der Waals surface area contributed by atoms with Crippen LogP contribution in [0, 0.1) is 0 Å². The number of halogens is 5. The highest BCUT2D eigenvalue weighted by atomic mass is 19.4. The van der Waals surface area contributed by atoms with Gasteiger partial charge in [-0.05, 0) is 17.7 Å². The Hall–Kier alpha value is -2.48. The molecule has 1 aromatic heterocycles. The van der Waals surface area contributed by atoms with Crippen molar-refractivity contribution in [3.63, 3.8) is 0 Å². The van der Waals surface area contributed by atoms with Crippen LogP contribution in [0.3, 0.4) is 0 Å². The summed E-state index contributed by atoms with van der Waals surface area (Å²) in [5, 5.41) is 33.9. The van der Waals surface area contributed by atoms with Gasteiger partial charge in [0.15, 0.2) is 12.2 Å². The third-order valence-corrected chi connectivity index (χ3v) is 4.77. The number of rotatable bonds is 6. The maximum Gasteiger partial charge on any atom is 0.433 e. The van der Waals surface area contributed by atoms with Crippen LogP contribution >= 0.6 is 0 Å². The smallest absolute Gasteiger partial charge is 0.433 e. The Morgan fingerprint density at radius 2 is 1.66 bits per heavy atom. The van der Waals surface area contributed by atoms with Gasteiger partial charge < -0.3 is 29.5 Å².